The zero-order valence-electron chi connectivity index (χ0n) is 11.4. The van der Waals surface area contributed by atoms with E-state index in [1.807, 2.05) is 18.9 Å². The molecule has 0 aliphatic carbocycles. The first-order valence-electron chi connectivity index (χ1n) is 6.32. The van der Waals surface area contributed by atoms with Crippen LogP contribution in [0, 0.1) is 5.82 Å². The summed E-state index contributed by atoms with van der Waals surface area (Å²) in [5, 5.41) is 3.53. The van der Waals surface area contributed by atoms with Crippen molar-refractivity contribution in [3.63, 3.8) is 0 Å². The van der Waals surface area contributed by atoms with Gasteiger partial charge in [0.15, 0.2) is 5.82 Å². The van der Waals surface area contributed by atoms with Gasteiger partial charge >= 0.3 is 0 Å². The first kappa shape index (κ1) is 14.5. The van der Waals surface area contributed by atoms with Crippen molar-refractivity contribution in [1.82, 2.24) is 9.97 Å². The Morgan fingerprint density at radius 3 is 2.65 bits per heavy atom. The van der Waals surface area contributed by atoms with Crippen LogP contribution in [-0.2, 0) is 6.54 Å². The van der Waals surface area contributed by atoms with Crippen molar-refractivity contribution < 1.29 is 4.39 Å². The van der Waals surface area contributed by atoms with E-state index in [1.54, 1.807) is 18.3 Å². The predicted molar refractivity (Wildman–Crippen MR) is 79.7 cm³/mol. The number of halogens is 2. The Morgan fingerprint density at radius 1 is 1.30 bits per heavy atom. The van der Waals surface area contributed by atoms with E-state index in [4.69, 9.17) is 11.6 Å². The van der Waals surface area contributed by atoms with Gasteiger partial charge in [-0.05, 0) is 24.6 Å². The lowest BCUT2D eigenvalue weighted by molar-refractivity contribution is 0.627. The predicted octanol–water partition coefficient (Wildman–Crippen LogP) is 3.34. The van der Waals surface area contributed by atoms with Crippen molar-refractivity contribution in [3.05, 3.63) is 46.9 Å². The molecule has 2 rings (SSSR count). The Labute approximate surface area is 122 Å². The zero-order chi connectivity index (χ0) is 14.5. The summed E-state index contributed by atoms with van der Waals surface area (Å²) in [6.07, 6.45) is 1.57. The highest BCUT2D eigenvalue weighted by Gasteiger charge is 2.10. The molecule has 1 aromatic carbocycles. The fraction of sp³-hybridized carbons (Fsp3) is 0.286. The van der Waals surface area contributed by atoms with Gasteiger partial charge in [0.2, 0.25) is 5.95 Å². The molecule has 0 aliphatic heterocycles. The molecule has 1 aromatic heterocycles. The second-order valence-electron chi connectivity index (χ2n) is 4.38. The molecule has 0 bridgehead atoms. The Hall–Kier alpha value is -1.88. The summed E-state index contributed by atoms with van der Waals surface area (Å²) in [4.78, 5) is 10.4. The third-order valence-electron chi connectivity index (χ3n) is 2.76. The van der Waals surface area contributed by atoms with Gasteiger partial charge in [-0.2, -0.15) is 4.98 Å². The molecule has 0 fully saturated rings. The van der Waals surface area contributed by atoms with E-state index >= 15 is 0 Å². The molecule has 0 atom stereocenters. The molecule has 20 heavy (non-hydrogen) atoms. The quantitative estimate of drug-likeness (QED) is 0.918. The molecule has 2 aromatic rings. The van der Waals surface area contributed by atoms with Gasteiger partial charge in [0.1, 0.15) is 10.8 Å². The van der Waals surface area contributed by atoms with Crippen molar-refractivity contribution in [1.29, 1.82) is 0 Å². The van der Waals surface area contributed by atoms with Gasteiger partial charge in [-0.3, -0.25) is 0 Å². The lowest BCUT2D eigenvalue weighted by atomic mass is 10.2. The molecule has 0 aliphatic rings. The second kappa shape index (κ2) is 6.52. The fourth-order valence-electron chi connectivity index (χ4n) is 1.81. The van der Waals surface area contributed by atoms with E-state index < -0.39 is 0 Å². The van der Waals surface area contributed by atoms with Crippen molar-refractivity contribution in [2.24, 2.45) is 0 Å². The van der Waals surface area contributed by atoms with Crippen molar-refractivity contribution in [2.75, 3.05) is 23.8 Å². The lowest BCUT2D eigenvalue weighted by Gasteiger charge is -2.20. The minimum absolute atomic E-state index is 0.245. The Morgan fingerprint density at radius 2 is 2.00 bits per heavy atom. The molecule has 0 unspecified atom stereocenters. The summed E-state index contributed by atoms with van der Waals surface area (Å²) < 4.78 is 12.9. The summed E-state index contributed by atoms with van der Waals surface area (Å²) in [5.74, 6) is 0.936. The van der Waals surface area contributed by atoms with Crippen LogP contribution in [0.3, 0.4) is 0 Å². The zero-order valence-corrected chi connectivity index (χ0v) is 12.2. The van der Waals surface area contributed by atoms with Gasteiger partial charge in [-0.25, -0.2) is 9.37 Å². The average Bonchev–Trinajstić information content (AvgIpc) is 2.43. The molecule has 0 amide bonds. The highest BCUT2D eigenvalue weighted by molar-refractivity contribution is 6.32. The topological polar surface area (TPSA) is 41.1 Å². The summed E-state index contributed by atoms with van der Waals surface area (Å²) >= 11 is 6.13. The summed E-state index contributed by atoms with van der Waals surface area (Å²) in [5.41, 5.74) is 0.980. The minimum atomic E-state index is -0.245. The van der Waals surface area contributed by atoms with Crippen LogP contribution in [-0.4, -0.2) is 23.6 Å². The van der Waals surface area contributed by atoms with Crippen molar-refractivity contribution in [3.8, 4) is 0 Å². The molecule has 4 nitrogen and oxygen atoms in total. The van der Waals surface area contributed by atoms with Gasteiger partial charge in [0.25, 0.3) is 0 Å². The molecular formula is C14H16ClFN4. The highest BCUT2D eigenvalue weighted by atomic mass is 35.5. The van der Waals surface area contributed by atoms with Gasteiger partial charge in [-0.1, -0.05) is 23.7 Å². The molecule has 1 heterocycles. The number of anilines is 2. The number of nitrogens with zero attached hydrogens (tertiary/aromatic N) is 3. The van der Waals surface area contributed by atoms with Crippen LogP contribution >= 0.6 is 11.6 Å². The average molecular weight is 295 g/mol. The maximum Gasteiger partial charge on any atom is 0.224 e. The Balaban J connectivity index is 2.17. The van der Waals surface area contributed by atoms with Crippen LogP contribution in [0.2, 0.25) is 5.02 Å². The van der Waals surface area contributed by atoms with Gasteiger partial charge < -0.3 is 10.2 Å². The van der Waals surface area contributed by atoms with E-state index in [0.29, 0.717) is 23.3 Å². The molecule has 106 valence electrons. The number of rotatable bonds is 5. The van der Waals surface area contributed by atoms with E-state index in [2.05, 4.69) is 15.3 Å². The number of hydrogen-bond donors (Lipinski definition) is 1. The maximum atomic E-state index is 12.9. The first-order valence-corrected chi connectivity index (χ1v) is 6.70. The van der Waals surface area contributed by atoms with Crippen LogP contribution in [0.15, 0.2) is 30.5 Å². The third-order valence-corrected chi connectivity index (χ3v) is 3.02. The van der Waals surface area contributed by atoms with Crippen LogP contribution in [0.5, 0.6) is 0 Å². The normalized spacial score (nSPS) is 10.4. The summed E-state index contributed by atoms with van der Waals surface area (Å²) in [6, 6.07) is 6.36. The molecule has 1 N–H and O–H groups in total. The third kappa shape index (κ3) is 3.57. The van der Waals surface area contributed by atoms with Crippen molar-refractivity contribution >= 4 is 23.4 Å². The SMILES string of the molecule is CCNc1ncc(Cl)c(N(C)Cc2ccc(F)cc2)n1. The van der Waals surface area contributed by atoms with Gasteiger partial charge in [0, 0.05) is 20.1 Å². The molecule has 0 radical (unpaired) electrons. The van der Waals surface area contributed by atoms with E-state index in [9.17, 15) is 4.39 Å². The number of nitrogens with one attached hydrogen (secondary N) is 1. The monoisotopic (exact) mass is 294 g/mol. The summed E-state index contributed by atoms with van der Waals surface area (Å²) in [6.45, 7) is 3.30. The standard InChI is InChI=1S/C14H16ClFN4/c1-3-17-14-18-8-12(15)13(19-14)20(2)9-10-4-6-11(16)7-5-10/h4-8H,3,9H2,1-2H3,(H,17,18,19). The number of hydrogen-bond acceptors (Lipinski definition) is 4. The number of benzene rings is 1. The molecule has 0 spiro atoms. The summed E-state index contributed by atoms with van der Waals surface area (Å²) in [7, 11) is 1.88. The van der Waals surface area contributed by atoms with E-state index in [0.717, 1.165) is 12.1 Å². The van der Waals surface area contributed by atoms with Crippen LogP contribution in [0.4, 0.5) is 16.2 Å². The Bertz CT molecular complexity index is 574. The number of aromatic nitrogens is 2. The van der Waals surface area contributed by atoms with Crippen LogP contribution in [0.1, 0.15) is 12.5 Å². The van der Waals surface area contributed by atoms with Crippen LogP contribution < -0.4 is 10.2 Å². The van der Waals surface area contributed by atoms with Gasteiger partial charge in [-0.15, -0.1) is 0 Å². The van der Waals surface area contributed by atoms with Crippen LogP contribution in [0.25, 0.3) is 0 Å². The largest absolute Gasteiger partial charge is 0.354 e. The maximum absolute atomic E-state index is 12.9. The molecular weight excluding hydrogens is 279 g/mol. The van der Waals surface area contributed by atoms with E-state index in [1.165, 1.54) is 12.1 Å². The lowest BCUT2D eigenvalue weighted by Crippen LogP contribution is -2.19. The highest BCUT2D eigenvalue weighted by Crippen LogP contribution is 2.24. The van der Waals surface area contributed by atoms with E-state index in [-0.39, 0.29) is 5.82 Å². The fourth-order valence-corrected chi connectivity index (χ4v) is 2.04. The first-order chi connectivity index (χ1) is 9.60. The van der Waals surface area contributed by atoms with Crippen molar-refractivity contribution in [2.45, 2.75) is 13.5 Å². The molecule has 6 heteroatoms. The Kier molecular flexibility index (Phi) is 4.74. The second-order valence-corrected chi connectivity index (χ2v) is 4.79. The molecule has 0 saturated heterocycles. The molecule has 0 saturated carbocycles. The van der Waals surface area contributed by atoms with Gasteiger partial charge in [0.05, 0.1) is 6.20 Å². The smallest absolute Gasteiger partial charge is 0.224 e. The minimum Gasteiger partial charge on any atom is -0.354 e.